The van der Waals surface area contributed by atoms with Crippen molar-refractivity contribution in [3.8, 4) is 5.69 Å². The highest BCUT2D eigenvalue weighted by molar-refractivity contribution is 7.90. The number of aromatic nitrogens is 4. The molecule has 6 nitrogen and oxygen atoms in total. The minimum Gasteiger partial charge on any atom is -0.220 e. The van der Waals surface area contributed by atoms with Gasteiger partial charge >= 0.3 is 0 Å². The van der Waals surface area contributed by atoms with Gasteiger partial charge in [0.2, 0.25) is 9.84 Å². The minimum atomic E-state index is -4.16. The van der Waals surface area contributed by atoms with E-state index in [1.165, 1.54) is 6.92 Å². The van der Waals surface area contributed by atoms with Crippen molar-refractivity contribution >= 4 is 9.84 Å². The molecule has 2 aromatic carbocycles. The van der Waals surface area contributed by atoms with Gasteiger partial charge in [-0.1, -0.05) is 23.3 Å². The molecule has 0 aliphatic carbocycles. The molecular formula is C15H12F2N4O2S. The Hall–Kier alpha value is -2.68. The first kappa shape index (κ1) is 16.2. The van der Waals surface area contributed by atoms with Crippen LogP contribution in [0.2, 0.25) is 0 Å². The van der Waals surface area contributed by atoms with Gasteiger partial charge in [0, 0.05) is 5.56 Å². The van der Waals surface area contributed by atoms with Crippen molar-refractivity contribution in [1.82, 2.24) is 20.2 Å². The molecule has 0 amide bonds. The van der Waals surface area contributed by atoms with Crippen molar-refractivity contribution in [2.24, 2.45) is 0 Å². The number of aryl methyl sites for hydroxylation is 1. The predicted octanol–water partition coefficient (Wildman–Crippen LogP) is 2.22. The van der Waals surface area contributed by atoms with Crippen LogP contribution in [-0.2, 0) is 15.6 Å². The summed E-state index contributed by atoms with van der Waals surface area (Å²) in [5, 5.41) is 10.0. The van der Waals surface area contributed by atoms with Gasteiger partial charge in [0.15, 0.2) is 0 Å². The van der Waals surface area contributed by atoms with Gasteiger partial charge in [-0.25, -0.2) is 17.2 Å². The summed E-state index contributed by atoms with van der Waals surface area (Å²) in [6.07, 6.45) is 0. The van der Waals surface area contributed by atoms with Gasteiger partial charge in [0.1, 0.15) is 11.6 Å². The molecule has 0 spiro atoms. The molecule has 0 aliphatic rings. The monoisotopic (exact) mass is 350 g/mol. The summed E-state index contributed by atoms with van der Waals surface area (Å²) >= 11 is 0. The Kier molecular flexibility index (Phi) is 4.10. The molecule has 0 unspecified atom stereocenters. The average molecular weight is 350 g/mol. The van der Waals surface area contributed by atoms with Crippen molar-refractivity contribution in [3.63, 3.8) is 0 Å². The molecule has 24 heavy (non-hydrogen) atoms. The van der Waals surface area contributed by atoms with Gasteiger partial charge in [-0.3, -0.25) is 0 Å². The molecule has 3 aromatic rings. The normalized spacial score (nSPS) is 11.6. The summed E-state index contributed by atoms with van der Waals surface area (Å²) < 4.78 is 54.0. The second-order valence-electron chi connectivity index (χ2n) is 5.18. The van der Waals surface area contributed by atoms with Crippen LogP contribution in [0.4, 0.5) is 8.78 Å². The van der Waals surface area contributed by atoms with Crippen LogP contribution in [0.15, 0.2) is 47.6 Å². The number of sulfone groups is 1. The summed E-state index contributed by atoms with van der Waals surface area (Å²) in [6.45, 7) is 1.51. The Balaban J connectivity index is 2.04. The van der Waals surface area contributed by atoms with E-state index in [1.807, 2.05) is 0 Å². The molecule has 0 N–H and O–H groups in total. The van der Waals surface area contributed by atoms with Gasteiger partial charge in [-0.05, 0) is 47.2 Å². The zero-order chi connectivity index (χ0) is 17.3. The van der Waals surface area contributed by atoms with E-state index < -0.39 is 37.9 Å². The lowest BCUT2D eigenvalue weighted by molar-refractivity contribution is 0.550. The first-order chi connectivity index (χ1) is 11.4. The lowest BCUT2D eigenvalue weighted by atomic mass is 10.1. The molecule has 0 aliphatic heterocycles. The van der Waals surface area contributed by atoms with Crippen LogP contribution in [0.1, 0.15) is 11.1 Å². The van der Waals surface area contributed by atoms with Gasteiger partial charge in [0.25, 0.3) is 5.16 Å². The summed E-state index contributed by atoms with van der Waals surface area (Å²) in [6, 6.07) is 10.5. The van der Waals surface area contributed by atoms with Gasteiger partial charge in [-0.2, -0.15) is 4.68 Å². The zero-order valence-corrected chi connectivity index (χ0v) is 13.3. The molecular weight excluding hydrogens is 338 g/mol. The van der Waals surface area contributed by atoms with Gasteiger partial charge in [0.05, 0.1) is 11.4 Å². The van der Waals surface area contributed by atoms with E-state index in [4.69, 9.17) is 0 Å². The maximum atomic E-state index is 13.9. The van der Waals surface area contributed by atoms with Crippen molar-refractivity contribution in [1.29, 1.82) is 0 Å². The van der Waals surface area contributed by atoms with Crippen molar-refractivity contribution in [2.45, 2.75) is 17.8 Å². The van der Waals surface area contributed by atoms with Crippen LogP contribution in [0.5, 0.6) is 0 Å². The van der Waals surface area contributed by atoms with Crippen LogP contribution in [-0.4, -0.2) is 28.6 Å². The predicted molar refractivity (Wildman–Crippen MR) is 81.1 cm³/mol. The van der Waals surface area contributed by atoms with E-state index >= 15 is 0 Å². The molecule has 0 bridgehead atoms. The maximum absolute atomic E-state index is 13.9. The first-order valence-corrected chi connectivity index (χ1v) is 8.55. The summed E-state index contributed by atoms with van der Waals surface area (Å²) in [5.74, 6) is -2.72. The average Bonchev–Trinajstić information content (AvgIpc) is 3.02. The highest BCUT2D eigenvalue weighted by atomic mass is 32.2. The van der Waals surface area contributed by atoms with Crippen molar-refractivity contribution in [2.75, 3.05) is 0 Å². The first-order valence-electron chi connectivity index (χ1n) is 6.89. The third kappa shape index (κ3) is 3.02. The number of hydrogen-bond donors (Lipinski definition) is 0. The lowest BCUT2D eigenvalue weighted by Gasteiger charge is -2.08. The second kappa shape index (κ2) is 6.08. The van der Waals surface area contributed by atoms with E-state index in [2.05, 4.69) is 15.5 Å². The van der Waals surface area contributed by atoms with Crippen molar-refractivity contribution < 1.29 is 17.2 Å². The quantitative estimate of drug-likeness (QED) is 0.721. The molecule has 9 heteroatoms. The van der Waals surface area contributed by atoms with E-state index in [0.29, 0.717) is 11.3 Å². The van der Waals surface area contributed by atoms with Crippen LogP contribution in [0, 0.1) is 18.6 Å². The number of benzene rings is 2. The number of hydrogen-bond acceptors (Lipinski definition) is 5. The molecule has 0 atom stereocenters. The Labute approximate surface area is 136 Å². The number of nitrogens with zero attached hydrogens (tertiary/aromatic N) is 4. The second-order valence-corrected chi connectivity index (χ2v) is 7.06. The molecule has 124 valence electrons. The summed E-state index contributed by atoms with van der Waals surface area (Å²) in [4.78, 5) is 0. The van der Waals surface area contributed by atoms with Crippen LogP contribution in [0.25, 0.3) is 5.69 Å². The number of rotatable bonds is 4. The topological polar surface area (TPSA) is 77.7 Å². The fourth-order valence-electron chi connectivity index (χ4n) is 2.23. The van der Waals surface area contributed by atoms with Crippen LogP contribution in [0.3, 0.4) is 0 Å². The van der Waals surface area contributed by atoms with Crippen molar-refractivity contribution in [3.05, 3.63) is 65.2 Å². The Bertz CT molecular complexity index is 965. The number of tetrazole rings is 1. The standard InChI is InChI=1S/C15H12F2N4O2S/c1-10-7-13(16)12(14(17)8-10)9-24(22,23)15-18-19-20-21(15)11-5-3-2-4-6-11/h2-8H,9H2,1H3. The van der Waals surface area contributed by atoms with Gasteiger partial charge in [-0.15, -0.1) is 0 Å². The van der Waals surface area contributed by atoms with E-state index in [1.54, 1.807) is 30.3 Å². The molecule has 0 fully saturated rings. The molecule has 1 heterocycles. The third-order valence-electron chi connectivity index (χ3n) is 3.34. The summed E-state index contributed by atoms with van der Waals surface area (Å²) in [7, 11) is -4.16. The minimum absolute atomic E-state index is 0.361. The molecule has 0 radical (unpaired) electrons. The fourth-order valence-corrected chi connectivity index (χ4v) is 3.58. The molecule has 0 saturated heterocycles. The van der Waals surface area contributed by atoms with Crippen LogP contribution >= 0.6 is 0 Å². The molecule has 0 saturated carbocycles. The zero-order valence-electron chi connectivity index (χ0n) is 12.5. The number of para-hydroxylation sites is 1. The van der Waals surface area contributed by atoms with E-state index in [0.717, 1.165) is 16.8 Å². The molecule has 1 aromatic heterocycles. The Morgan fingerprint density at radius 1 is 1.08 bits per heavy atom. The van der Waals surface area contributed by atoms with E-state index in [-0.39, 0.29) is 0 Å². The van der Waals surface area contributed by atoms with E-state index in [9.17, 15) is 17.2 Å². The SMILES string of the molecule is Cc1cc(F)c(CS(=O)(=O)c2nnnn2-c2ccccc2)c(F)c1. The largest absolute Gasteiger partial charge is 0.272 e. The van der Waals surface area contributed by atoms with Gasteiger partial charge < -0.3 is 0 Å². The fraction of sp³-hybridized carbons (Fsp3) is 0.133. The third-order valence-corrected chi connectivity index (χ3v) is 4.82. The highest BCUT2D eigenvalue weighted by Crippen LogP contribution is 2.22. The summed E-state index contributed by atoms with van der Waals surface area (Å²) in [5.41, 5.74) is 0.245. The maximum Gasteiger partial charge on any atom is 0.272 e. The smallest absolute Gasteiger partial charge is 0.220 e. The highest BCUT2D eigenvalue weighted by Gasteiger charge is 2.27. The number of halogens is 2. The lowest BCUT2D eigenvalue weighted by Crippen LogP contribution is -2.14. The van der Waals surface area contributed by atoms with Crippen LogP contribution < -0.4 is 0 Å². The molecule has 3 rings (SSSR count). The Morgan fingerprint density at radius 2 is 1.71 bits per heavy atom. The Morgan fingerprint density at radius 3 is 2.33 bits per heavy atom.